The van der Waals surface area contributed by atoms with E-state index in [0.29, 0.717) is 5.82 Å². The third kappa shape index (κ3) is 2.54. The molecule has 2 N–H and O–H groups in total. The van der Waals surface area contributed by atoms with Gasteiger partial charge in [-0.1, -0.05) is 20.8 Å². The van der Waals surface area contributed by atoms with Crippen LogP contribution in [0, 0.1) is 0 Å². The Morgan fingerprint density at radius 1 is 1.25 bits per heavy atom. The van der Waals surface area contributed by atoms with Crippen molar-refractivity contribution in [3.63, 3.8) is 0 Å². The van der Waals surface area contributed by atoms with E-state index in [0.717, 1.165) is 21.3 Å². The van der Waals surface area contributed by atoms with Crippen LogP contribution in [0.4, 0.5) is 5.82 Å². The number of nitrogens with zero attached hydrogens (tertiary/aromatic N) is 2. The molecule has 1 aromatic heterocycles. The first kappa shape index (κ1) is 14.9. The fourth-order valence-corrected chi connectivity index (χ4v) is 2.71. The van der Waals surface area contributed by atoms with Gasteiger partial charge in [-0.25, -0.2) is 0 Å². The van der Waals surface area contributed by atoms with Gasteiger partial charge in [-0.2, -0.15) is 5.10 Å². The summed E-state index contributed by atoms with van der Waals surface area (Å²) in [6.45, 7) is 6.53. The van der Waals surface area contributed by atoms with Crippen molar-refractivity contribution in [2.75, 3.05) is 12.8 Å². The van der Waals surface area contributed by atoms with Crippen LogP contribution in [0.15, 0.2) is 22.8 Å². The average molecular weight is 338 g/mol. The zero-order valence-corrected chi connectivity index (χ0v) is 14.1. The van der Waals surface area contributed by atoms with E-state index in [1.165, 1.54) is 5.56 Å². The third-order valence-corrected chi connectivity index (χ3v) is 3.98. The quantitative estimate of drug-likeness (QED) is 0.908. The first-order valence-electron chi connectivity index (χ1n) is 6.41. The average Bonchev–Trinajstić information content (AvgIpc) is 2.68. The van der Waals surface area contributed by atoms with Crippen molar-refractivity contribution in [3.05, 3.63) is 28.4 Å². The van der Waals surface area contributed by atoms with Gasteiger partial charge in [0.05, 0.1) is 17.8 Å². The van der Waals surface area contributed by atoms with Gasteiger partial charge in [0.2, 0.25) is 0 Å². The number of nitrogen functional groups attached to an aromatic ring is 1. The van der Waals surface area contributed by atoms with Crippen molar-refractivity contribution in [1.82, 2.24) is 9.78 Å². The second-order valence-corrected chi connectivity index (χ2v) is 6.71. The molecule has 4 nitrogen and oxygen atoms in total. The Morgan fingerprint density at radius 3 is 2.35 bits per heavy atom. The first-order valence-corrected chi connectivity index (χ1v) is 7.21. The van der Waals surface area contributed by atoms with Gasteiger partial charge in [0.1, 0.15) is 11.6 Å². The lowest BCUT2D eigenvalue weighted by molar-refractivity contribution is 0.413. The van der Waals surface area contributed by atoms with Crippen molar-refractivity contribution in [2.24, 2.45) is 7.05 Å². The summed E-state index contributed by atoms with van der Waals surface area (Å²) < 4.78 is 8.10. The molecule has 1 aromatic carbocycles. The van der Waals surface area contributed by atoms with Crippen LogP contribution in [0.5, 0.6) is 5.75 Å². The number of nitrogens with two attached hydrogens (primary N) is 1. The van der Waals surface area contributed by atoms with Crippen LogP contribution in [-0.2, 0) is 12.5 Å². The van der Waals surface area contributed by atoms with E-state index in [1.54, 1.807) is 18.0 Å². The molecule has 2 rings (SSSR count). The number of ether oxygens (including phenoxy) is 1. The van der Waals surface area contributed by atoms with E-state index in [2.05, 4.69) is 53.9 Å². The number of aromatic nitrogens is 2. The fourth-order valence-electron chi connectivity index (χ4n) is 2.09. The topological polar surface area (TPSA) is 53.1 Å². The number of rotatable bonds is 2. The standard InChI is InChI=1S/C15H20BrN3O/c1-15(2,3)9-6-10(13(20-5)12(16)7-9)11-8-18-19(4)14(11)17/h6-8H,17H2,1-5H3. The highest BCUT2D eigenvalue weighted by atomic mass is 79.9. The summed E-state index contributed by atoms with van der Waals surface area (Å²) in [5.74, 6) is 1.40. The van der Waals surface area contributed by atoms with Gasteiger partial charge < -0.3 is 10.5 Å². The minimum Gasteiger partial charge on any atom is -0.495 e. The molecule has 0 fully saturated rings. The lowest BCUT2D eigenvalue weighted by Crippen LogP contribution is -2.11. The molecule has 0 amide bonds. The van der Waals surface area contributed by atoms with Gasteiger partial charge >= 0.3 is 0 Å². The number of hydrogen-bond acceptors (Lipinski definition) is 3. The molecular weight excluding hydrogens is 318 g/mol. The molecule has 0 atom stereocenters. The molecule has 0 bridgehead atoms. The molecule has 0 saturated heterocycles. The van der Waals surface area contributed by atoms with Crippen LogP contribution < -0.4 is 10.5 Å². The second-order valence-electron chi connectivity index (χ2n) is 5.86. The number of methoxy groups -OCH3 is 1. The highest BCUT2D eigenvalue weighted by molar-refractivity contribution is 9.10. The highest BCUT2D eigenvalue weighted by Crippen LogP contribution is 2.41. The first-order chi connectivity index (χ1) is 9.25. The van der Waals surface area contributed by atoms with Crippen LogP contribution in [0.1, 0.15) is 26.3 Å². The molecule has 0 aliphatic carbocycles. The monoisotopic (exact) mass is 337 g/mol. The van der Waals surface area contributed by atoms with Gasteiger partial charge in [0.25, 0.3) is 0 Å². The normalized spacial score (nSPS) is 11.7. The zero-order valence-electron chi connectivity index (χ0n) is 12.5. The van der Waals surface area contributed by atoms with Crippen LogP contribution in [0.2, 0.25) is 0 Å². The Balaban J connectivity index is 2.73. The molecule has 20 heavy (non-hydrogen) atoms. The SMILES string of the molecule is COc1c(Br)cc(C(C)(C)C)cc1-c1cnn(C)c1N. The molecular formula is C15H20BrN3O. The molecule has 5 heteroatoms. The molecule has 0 aliphatic rings. The smallest absolute Gasteiger partial charge is 0.141 e. The summed E-state index contributed by atoms with van der Waals surface area (Å²) in [6, 6.07) is 4.21. The summed E-state index contributed by atoms with van der Waals surface area (Å²) in [7, 11) is 3.49. The molecule has 0 radical (unpaired) electrons. The van der Waals surface area contributed by atoms with Gasteiger partial charge in [0.15, 0.2) is 0 Å². The number of benzene rings is 1. The minimum atomic E-state index is 0.0422. The van der Waals surface area contributed by atoms with E-state index < -0.39 is 0 Å². The predicted molar refractivity (Wildman–Crippen MR) is 86.0 cm³/mol. The summed E-state index contributed by atoms with van der Waals surface area (Å²) in [5, 5.41) is 4.21. The third-order valence-electron chi connectivity index (χ3n) is 3.39. The Bertz CT molecular complexity index is 641. The molecule has 1 heterocycles. The van der Waals surface area contributed by atoms with Crippen LogP contribution in [-0.4, -0.2) is 16.9 Å². The van der Waals surface area contributed by atoms with Crippen molar-refractivity contribution < 1.29 is 4.74 Å². The molecule has 0 spiro atoms. The molecule has 2 aromatic rings. The van der Waals surface area contributed by atoms with Crippen molar-refractivity contribution >= 4 is 21.7 Å². The number of halogens is 1. The van der Waals surface area contributed by atoms with Gasteiger partial charge in [-0.15, -0.1) is 0 Å². The molecule has 108 valence electrons. The van der Waals surface area contributed by atoms with Gasteiger partial charge in [0, 0.05) is 18.2 Å². The maximum Gasteiger partial charge on any atom is 0.141 e. The van der Waals surface area contributed by atoms with E-state index >= 15 is 0 Å². The summed E-state index contributed by atoms with van der Waals surface area (Å²) in [6.07, 6.45) is 1.77. The minimum absolute atomic E-state index is 0.0422. The van der Waals surface area contributed by atoms with E-state index in [1.807, 2.05) is 7.05 Å². The van der Waals surface area contributed by atoms with Crippen molar-refractivity contribution in [3.8, 4) is 16.9 Å². The maximum absolute atomic E-state index is 6.10. The Labute approximate surface area is 128 Å². The lowest BCUT2D eigenvalue weighted by Gasteiger charge is -2.22. The van der Waals surface area contributed by atoms with Crippen LogP contribution in [0.3, 0.4) is 0 Å². The molecule has 0 saturated carbocycles. The molecule has 0 unspecified atom stereocenters. The predicted octanol–water partition coefficient (Wildman–Crippen LogP) is 3.74. The number of anilines is 1. The second kappa shape index (κ2) is 5.13. The zero-order chi connectivity index (χ0) is 15.1. The van der Waals surface area contributed by atoms with E-state index in [9.17, 15) is 0 Å². The number of aryl methyl sites for hydroxylation is 1. The Hall–Kier alpha value is -1.49. The number of hydrogen-bond donors (Lipinski definition) is 1. The Morgan fingerprint density at radius 2 is 1.90 bits per heavy atom. The van der Waals surface area contributed by atoms with E-state index in [-0.39, 0.29) is 5.41 Å². The summed E-state index contributed by atoms with van der Waals surface area (Å²) in [5.41, 5.74) is 9.19. The van der Waals surface area contributed by atoms with Crippen molar-refractivity contribution in [2.45, 2.75) is 26.2 Å². The summed E-state index contributed by atoms with van der Waals surface area (Å²) in [4.78, 5) is 0. The van der Waals surface area contributed by atoms with Gasteiger partial charge in [-0.3, -0.25) is 4.68 Å². The van der Waals surface area contributed by atoms with Crippen LogP contribution >= 0.6 is 15.9 Å². The van der Waals surface area contributed by atoms with Gasteiger partial charge in [-0.05, 0) is 39.0 Å². The largest absolute Gasteiger partial charge is 0.495 e. The maximum atomic E-state index is 6.10. The highest BCUT2D eigenvalue weighted by Gasteiger charge is 2.21. The van der Waals surface area contributed by atoms with E-state index in [4.69, 9.17) is 10.5 Å². The lowest BCUT2D eigenvalue weighted by atomic mass is 9.85. The summed E-state index contributed by atoms with van der Waals surface area (Å²) >= 11 is 3.59. The fraction of sp³-hybridized carbons (Fsp3) is 0.400. The van der Waals surface area contributed by atoms with Crippen LogP contribution in [0.25, 0.3) is 11.1 Å². The molecule has 0 aliphatic heterocycles. The Kier molecular flexibility index (Phi) is 3.82. The van der Waals surface area contributed by atoms with Crippen molar-refractivity contribution in [1.29, 1.82) is 0 Å².